The molecule has 2 saturated heterocycles. The third kappa shape index (κ3) is 7.53. The van der Waals surface area contributed by atoms with Gasteiger partial charge in [0, 0.05) is 6.42 Å². The first-order valence-electron chi connectivity index (χ1n) is 12.5. The first kappa shape index (κ1) is 29.8. The predicted molar refractivity (Wildman–Crippen MR) is 119 cm³/mol. The van der Waals surface area contributed by atoms with Gasteiger partial charge in [-0.2, -0.15) is 0 Å². The first-order valence-corrected chi connectivity index (χ1v) is 12.5. The lowest BCUT2D eigenvalue weighted by atomic mass is 9.89. The highest BCUT2D eigenvalue weighted by atomic mass is 16.7. The molecule has 2 fully saturated rings. The van der Waals surface area contributed by atoms with Crippen LogP contribution in [0.5, 0.6) is 0 Å². The van der Waals surface area contributed by atoms with Crippen molar-refractivity contribution in [2.75, 3.05) is 13.2 Å². The lowest BCUT2D eigenvalue weighted by Gasteiger charge is -2.49. The predicted octanol–water partition coefficient (Wildman–Crippen LogP) is -1.11. The zero-order chi connectivity index (χ0) is 25.3. The fourth-order valence-corrected chi connectivity index (χ4v) is 4.61. The molecule has 0 saturated carbocycles. The van der Waals surface area contributed by atoms with Crippen molar-refractivity contribution in [3.63, 3.8) is 0 Å². The van der Waals surface area contributed by atoms with E-state index >= 15 is 0 Å². The van der Waals surface area contributed by atoms with Crippen LogP contribution in [0.15, 0.2) is 0 Å². The van der Waals surface area contributed by atoms with E-state index in [2.05, 4.69) is 6.92 Å². The van der Waals surface area contributed by atoms with Crippen molar-refractivity contribution in [2.24, 2.45) is 0 Å². The van der Waals surface area contributed by atoms with E-state index in [4.69, 9.17) is 14.2 Å². The van der Waals surface area contributed by atoms with E-state index in [0.29, 0.717) is 6.42 Å². The lowest BCUT2D eigenvalue weighted by molar-refractivity contribution is -0.384. The van der Waals surface area contributed by atoms with Gasteiger partial charge in [0.05, 0.1) is 13.2 Å². The lowest BCUT2D eigenvalue weighted by Crippen LogP contribution is -2.68. The molecule has 0 amide bonds. The van der Waals surface area contributed by atoms with E-state index in [1.807, 2.05) is 0 Å². The minimum Gasteiger partial charge on any atom is -0.394 e. The van der Waals surface area contributed by atoms with E-state index in [1.165, 1.54) is 25.7 Å². The average Bonchev–Trinajstić information content (AvgIpc) is 2.83. The Kier molecular flexibility index (Phi) is 12.6. The van der Waals surface area contributed by atoms with Gasteiger partial charge in [0.25, 0.3) is 0 Å². The maximum atomic E-state index is 10.9. The molecule has 0 aliphatic carbocycles. The average molecular weight is 497 g/mol. The molecule has 202 valence electrons. The van der Waals surface area contributed by atoms with Crippen molar-refractivity contribution in [2.45, 2.75) is 132 Å². The summed E-state index contributed by atoms with van der Waals surface area (Å²) in [6.45, 7) is 0.833. The molecule has 10 atom stereocenters. The fraction of sp³-hybridized carbons (Fsp3) is 1.00. The summed E-state index contributed by atoms with van der Waals surface area (Å²) in [6, 6.07) is 0. The molecule has 11 heteroatoms. The Morgan fingerprint density at radius 1 is 0.706 bits per heavy atom. The second kappa shape index (κ2) is 14.3. The molecule has 0 bridgehead atoms. The Morgan fingerprint density at radius 2 is 1.26 bits per heavy atom. The first-order chi connectivity index (χ1) is 16.2. The minimum absolute atomic E-state index is 0.0460. The van der Waals surface area contributed by atoms with Gasteiger partial charge in [-0.25, -0.2) is 0 Å². The van der Waals surface area contributed by atoms with E-state index in [0.717, 1.165) is 25.7 Å². The van der Waals surface area contributed by atoms with Crippen molar-refractivity contribution in [3.8, 4) is 0 Å². The van der Waals surface area contributed by atoms with Gasteiger partial charge in [-0.15, -0.1) is 0 Å². The molecule has 0 aromatic heterocycles. The van der Waals surface area contributed by atoms with E-state index < -0.39 is 74.1 Å². The molecule has 1 unspecified atom stereocenters. The van der Waals surface area contributed by atoms with Crippen LogP contribution in [0.4, 0.5) is 0 Å². The molecule has 8 N–H and O–H groups in total. The molecule has 2 aliphatic rings. The summed E-state index contributed by atoms with van der Waals surface area (Å²) < 4.78 is 16.3. The van der Waals surface area contributed by atoms with Gasteiger partial charge in [-0.05, 0) is 6.42 Å². The molecule has 11 nitrogen and oxygen atoms in total. The molecule has 0 spiro atoms. The summed E-state index contributed by atoms with van der Waals surface area (Å²) in [5.41, 5.74) is 0. The number of hydrogen-bond acceptors (Lipinski definition) is 11. The zero-order valence-electron chi connectivity index (χ0n) is 20.0. The largest absolute Gasteiger partial charge is 0.394 e. The smallest absolute Gasteiger partial charge is 0.195 e. The van der Waals surface area contributed by atoms with Crippen molar-refractivity contribution >= 4 is 0 Å². The second-order valence-electron chi connectivity index (χ2n) is 9.50. The summed E-state index contributed by atoms with van der Waals surface area (Å²) in [6.07, 6.45) is -4.48. The van der Waals surface area contributed by atoms with Crippen LogP contribution in [-0.2, 0) is 14.2 Å². The van der Waals surface area contributed by atoms with Crippen LogP contribution in [0.1, 0.15) is 71.1 Å². The van der Waals surface area contributed by atoms with Gasteiger partial charge in [0.15, 0.2) is 12.1 Å². The minimum atomic E-state index is -2.09. The normalized spacial score (nSPS) is 41.0. The van der Waals surface area contributed by atoms with Crippen molar-refractivity contribution < 1.29 is 55.1 Å². The van der Waals surface area contributed by atoms with Crippen LogP contribution in [0.3, 0.4) is 0 Å². The quantitative estimate of drug-likeness (QED) is 0.136. The number of ether oxygens (including phenoxy) is 3. The molecule has 34 heavy (non-hydrogen) atoms. The molecule has 2 aliphatic heterocycles. The van der Waals surface area contributed by atoms with Crippen molar-refractivity contribution in [1.29, 1.82) is 0 Å². The summed E-state index contributed by atoms with van der Waals surface area (Å²) >= 11 is 0. The van der Waals surface area contributed by atoms with E-state index in [-0.39, 0.29) is 6.42 Å². The van der Waals surface area contributed by atoms with Crippen LogP contribution in [-0.4, -0.2) is 115 Å². The number of unbranched alkanes of at least 4 members (excludes halogenated alkanes) is 8. The van der Waals surface area contributed by atoms with Gasteiger partial charge < -0.3 is 55.1 Å². The van der Waals surface area contributed by atoms with Crippen molar-refractivity contribution in [3.05, 3.63) is 0 Å². The molecule has 0 aromatic carbocycles. The molecular formula is C23H44O11. The van der Waals surface area contributed by atoms with Gasteiger partial charge in [0.1, 0.15) is 48.8 Å². The Morgan fingerprint density at radius 3 is 1.82 bits per heavy atom. The van der Waals surface area contributed by atoms with Crippen LogP contribution < -0.4 is 0 Å². The highest BCUT2D eigenvalue weighted by Crippen LogP contribution is 2.35. The van der Waals surface area contributed by atoms with Crippen molar-refractivity contribution in [1.82, 2.24) is 0 Å². The standard InChI is InChI=1S/C23H44O11/c1-2-3-4-5-6-7-8-9-10-11-23(31)21(30)19(29)20(15(13-25)34-23)33-22-18(28)17(27)16(26)14(12-24)32-22/h14-22,24-31H,2-13H2,1H3/t14-,15-,16+,17+,18-,19+,20-,21-,22+,23?/m1/s1. The second-order valence-corrected chi connectivity index (χ2v) is 9.50. The Labute approximate surface area is 200 Å². The van der Waals surface area contributed by atoms with Crippen LogP contribution in [0, 0.1) is 0 Å². The monoisotopic (exact) mass is 496 g/mol. The molecule has 0 aromatic rings. The highest BCUT2D eigenvalue weighted by molar-refractivity contribution is 4.98. The third-order valence-electron chi connectivity index (χ3n) is 6.80. The maximum absolute atomic E-state index is 10.9. The number of hydrogen-bond donors (Lipinski definition) is 8. The van der Waals surface area contributed by atoms with Crippen LogP contribution in [0.25, 0.3) is 0 Å². The topological polar surface area (TPSA) is 190 Å². The maximum Gasteiger partial charge on any atom is 0.195 e. The summed E-state index contributed by atoms with van der Waals surface area (Å²) in [5, 5.41) is 81.2. The fourth-order valence-electron chi connectivity index (χ4n) is 4.61. The van der Waals surface area contributed by atoms with Crippen LogP contribution in [0.2, 0.25) is 0 Å². The Balaban J connectivity index is 1.89. The third-order valence-corrected chi connectivity index (χ3v) is 6.80. The Hall–Kier alpha value is -0.440. The molecule has 2 heterocycles. The molecular weight excluding hydrogens is 452 g/mol. The zero-order valence-corrected chi connectivity index (χ0v) is 20.0. The summed E-state index contributed by atoms with van der Waals surface area (Å²) in [5.74, 6) is -2.09. The highest BCUT2D eigenvalue weighted by Gasteiger charge is 2.55. The van der Waals surface area contributed by atoms with Gasteiger partial charge in [0.2, 0.25) is 0 Å². The summed E-state index contributed by atoms with van der Waals surface area (Å²) in [4.78, 5) is 0. The van der Waals surface area contributed by atoms with Crippen LogP contribution >= 0.6 is 0 Å². The number of aliphatic hydroxyl groups is 8. The summed E-state index contributed by atoms with van der Waals surface area (Å²) in [7, 11) is 0. The Bertz CT molecular complexity index is 563. The van der Waals surface area contributed by atoms with Gasteiger partial charge in [-0.3, -0.25) is 0 Å². The number of rotatable bonds is 14. The van der Waals surface area contributed by atoms with Gasteiger partial charge >= 0.3 is 0 Å². The number of aliphatic hydroxyl groups excluding tert-OH is 7. The van der Waals surface area contributed by atoms with E-state index in [9.17, 15) is 40.9 Å². The van der Waals surface area contributed by atoms with Gasteiger partial charge in [-0.1, -0.05) is 58.3 Å². The van der Waals surface area contributed by atoms with E-state index in [1.54, 1.807) is 0 Å². The molecule has 2 rings (SSSR count). The molecule has 0 radical (unpaired) electrons. The SMILES string of the molecule is CCCCCCCCCCCC1(O)O[C@H](CO)[C@@H](O[C@@H]2O[C@H](CO)[C@H](O)[C@H](O)[C@H]2O)[C@H](O)[C@H]1O.